The fraction of sp³-hybridized carbons (Fsp3) is 0.360. The number of likely N-dealkylation sites (tertiary alicyclic amines) is 1. The van der Waals surface area contributed by atoms with Gasteiger partial charge in [0.25, 0.3) is 0 Å². The Balaban J connectivity index is 1.32. The quantitative estimate of drug-likeness (QED) is 0.594. The Morgan fingerprint density at radius 1 is 1.16 bits per heavy atom. The molecule has 1 aliphatic heterocycles. The average Bonchev–Trinajstić information content (AvgIpc) is 3.15. The first kappa shape index (κ1) is 21.2. The lowest BCUT2D eigenvalue weighted by atomic mass is 9.93. The van der Waals surface area contributed by atoms with Gasteiger partial charge in [-0.05, 0) is 43.9 Å². The van der Waals surface area contributed by atoms with Crippen molar-refractivity contribution in [3.05, 3.63) is 72.2 Å². The highest BCUT2D eigenvalue weighted by Gasteiger charge is 2.22. The van der Waals surface area contributed by atoms with Gasteiger partial charge in [0.1, 0.15) is 5.82 Å². The number of halogens is 1. The van der Waals surface area contributed by atoms with E-state index in [1.165, 1.54) is 11.6 Å². The van der Waals surface area contributed by atoms with Crippen molar-refractivity contribution in [1.82, 2.24) is 14.7 Å². The summed E-state index contributed by atoms with van der Waals surface area (Å²) in [6.07, 6.45) is 5.58. The number of benzene rings is 2. The van der Waals surface area contributed by atoms with Crippen LogP contribution in [0.25, 0.3) is 11.3 Å². The van der Waals surface area contributed by atoms with Gasteiger partial charge < -0.3 is 5.32 Å². The number of aromatic nitrogens is 2. The maximum absolute atomic E-state index is 13.7. The molecule has 31 heavy (non-hydrogen) atoms. The van der Waals surface area contributed by atoms with Gasteiger partial charge in [0.05, 0.1) is 11.4 Å². The summed E-state index contributed by atoms with van der Waals surface area (Å²) in [5.41, 5.74) is 3.65. The molecule has 4 rings (SSSR count). The van der Waals surface area contributed by atoms with Crippen molar-refractivity contribution in [3.63, 3.8) is 0 Å². The number of amides is 1. The van der Waals surface area contributed by atoms with Crippen LogP contribution in [0.2, 0.25) is 0 Å². The van der Waals surface area contributed by atoms with Crippen molar-refractivity contribution in [2.75, 3.05) is 18.4 Å². The van der Waals surface area contributed by atoms with Gasteiger partial charge in [-0.25, -0.2) is 4.39 Å². The number of nitrogens with zero attached hydrogens (tertiary/aromatic N) is 3. The van der Waals surface area contributed by atoms with E-state index in [0.717, 1.165) is 50.2 Å². The van der Waals surface area contributed by atoms with Crippen LogP contribution in [0.4, 0.5) is 10.1 Å². The third-order valence-corrected chi connectivity index (χ3v) is 5.88. The molecule has 0 unspecified atom stereocenters. The van der Waals surface area contributed by atoms with Crippen molar-refractivity contribution in [2.24, 2.45) is 13.0 Å². The summed E-state index contributed by atoms with van der Waals surface area (Å²) in [6.45, 7) is 2.88. The molecule has 0 radical (unpaired) electrons. The van der Waals surface area contributed by atoms with Crippen molar-refractivity contribution < 1.29 is 9.18 Å². The average molecular weight is 421 g/mol. The second-order valence-corrected chi connectivity index (χ2v) is 8.35. The van der Waals surface area contributed by atoms with Crippen LogP contribution < -0.4 is 5.32 Å². The van der Waals surface area contributed by atoms with E-state index in [2.05, 4.69) is 33.6 Å². The van der Waals surface area contributed by atoms with E-state index in [4.69, 9.17) is 0 Å². The summed E-state index contributed by atoms with van der Waals surface area (Å²) in [4.78, 5) is 14.7. The number of carbonyl (C=O) groups excluding carboxylic acids is 1. The summed E-state index contributed by atoms with van der Waals surface area (Å²) < 4.78 is 15.6. The lowest BCUT2D eigenvalue weighted by Gasteiger charge is -2.32. The minimum atomic E-state index is -0.398. The number of piperidine rings is 1. The summed E-state index contributed by atoms with van der Waals surface area (Å²) in [7, 11) is 1.96. The maximum Gasteiger partial charge on any atom is 0.224 e. The predicted molar refractivity (Wildman–Crippen MR) is 121 cm³/mol. The Bertz CT molecular complexity index is 1020. The summed E-state index contributed by atoms with van der Waals surface area (Å²) in [6, 6.07) is 16.6. The predicted octanol–water partition coefficient (Wildman–Crippen LogP) is 4.86. The fourth-order valence-electron chi connectivity index (χ4n) is 4.37. The van der Waals surface area contributed by atoms with Gasteiger partial charge >= 0.3 is 0 Å². The van der Waals surface area contributed by atoms with Crippen LogP contribution in [0.5, 0.6) is 0 Å². The first-order valence-electron chi connectivity index (χ1n) is 10.9. The summed E-state index contributed by atoms with van der Waals surface area (Å²) in [5.74, 6) is -0.0526. The number of aryl methyl sites for hydroxylation is 1. The van der Waals surface area contributed by atoms with E-state index < -0.39 is 5.82 Å². The van der Waals surface area contributed by atoms with E-state index >= 15 is 0 Å². The molecule has 0 spiro atoms. The van der Waals surface area contributed by atoms with Crippen molar-refractivity contribution in [2.45, 2.75) is 32.2 Å². The lowest BCUT2D eigenvalue weighted by molar-refractivity contribution is -0.116. The number of hydrogen-bond donors (Lipinski definition) is 1. The zero-order valence-corrected chi connectivity index (χ0v) is 17.9. The van der Waals surface area contributed by atoms with E-state index in [9.17, 15) is 9.18 Å². The number of nitrogens with one attached hydrogen (secondary N) is 1. The number of para-hydroxylation sites is 1. The highest BCUT2D eigenvalue weighted by Crippen LogP contribution is 2.27. The minimum Gasteiger partial charge on any atom is -0.324 e. The van der Waals surface area contributed by atoms with Crippen LogP contribution in [0, 0.1) is 11.7 Å². The second-order valence-electron chi connectivity index (χ2n) is 8.35. The van der Waals surface area contributed by atoms with Gasteiger partial charge in [-0.15, -0.1) is 0 Å². The molecule has 1 atom stereocenters. The molecule has 1 aromatic heterocycles. The van der Waals surface area contributed by atoms with Crippen LogP contribution in [-0.2, 0) is 18.4 Å². The van der Waals surface area contributed by atoms with Gasteiger partial charge in [0, 0.05) is 43.9 Å². The molecule has 1 N–H and O–H groups in total. The molecule has 1 amide bonds. The monoisotopic (exact) mass is 420 g/mol. The highest BCUT2D eigenvalue weighted by molar-refractivity contribution is 5.90. The van der Waals surface area contributed by atoms with Crippen LogP contribution in [0.3, 0.4) is 0 Å². The Morgan fingerprint density at radius 2 is 1.94 bits per heavy atom. The van der Waals surface area contributed by atoms with Gasteiger partial charge in [-0.2, -0.15) is 5.10 Å². The Hall–Kier alpha value is -2.99. The molecule has 0 aliphatic carbocycles. The van der Waals surface area contributed by atoms with Gasteiger partial charge in [0.2, 0.25) is 5.91 Å². The van der Waals surface area contributed by atoms with E-state index in [1.807, 2.05) is 29.9 Å². The number of carbonyl (C=O) groups is 1. The number of rotatable bonds is 7. The Kier molecular flexibility index (Phi) is 6.77. The van der Waals surface area contributed by atoms with Crippen LogP contribution >= 0.6 is 0 Å². The van der Waals surface area contributed by atoms with E-state index in [-0.39, 0.29) is 11.6 Å². The molecular weight excluding hydrogens is 391 g/mol. The molecule has 1 aliphatic rings. The first-order chi connectivity index (χ1) is 15.1. The Labute approximate surface area is 182 Å². The van der Waals surface area contributed by atoms with Gasteiger partial charge in [0.15, 0.2) is 0 Å². The topological polar surface area (TPSA) is 50.2 Å². The normalized spacial score (nSPS) is 16.9. The molecule has 2 heterocycles. The zero-order valence-electron chi connectivity index (χ0n) is 17.9. The smallest absolute Gasteiger partial charge is 0.224 e. The van der Waals surface area contributed by atoms with E-state index in [0.29, 0.717) is 12.3 Å². The van der Waals surface area contributed by atoms with Gasteiger partial charge in [-0.1, -0.05) is 42.5 Å². The van der Waals surface area contributed by atoms with Gasteiger partial charge in [-0.3, -0.25) is 14.4 Å². The molecule has 5 nitrogen and oxygen atoms in total. The molecule has 1 saturated heterocycles. The molecule has 3 aromatic rings. The van der Waals surface area contributed by atoms with E-state index in [1.54, 1.807) is 18.2 Å². The minimum absolute atomic E-state index is 0.124. The molecule has 6 heteroatoms. The third-order valence-electron chi connectivity index (χ3n) is 5.88. The standard InChI is InChI=1S/C25H29FN4O/c1-29-17-21(25(28-29)20-9-3-2-4-10-20)18-30-15-7-8-19(16-30)13-14-24(31)27-23-12-6-5-11-22(23)26/h2-6,9-12,17,19H,7-8,13-16,18H2,1H3,(H,27,31)/t19-/m1/s1. The van der Waals surface area contributed by atoms with Crippen LogP contribution in [0.15, 0.2) is 60.8 Å². The van der Waals surface area contributed by atoms with Crippen molar-refractivity contribution in [1.29, 1.82) is 0 Å². The van der Waals surface area contributed by atoms with Crippen molar-refractivity contribution in [3.8, 4) is 11.3 Å². The molecular formula is C25H29FN4O. The van der Waals surface area contributed by atoms with Crippen LogP contribution in [-0.4, -0.2) is 33.7 Å². The largest absolute Gasteiger partial charge is 0.324 e. The van der Waals surface area contributed by atoms with Crippen molar-refractivity contribution >= 4 is 11.6 Å². The number of hydrogen-bond acceptors (Lipinski definition) is 3. The number of anilines is 1. The molecule has 2 aromatic carbocycles. The maximum atomic E-state index is 13.7. The Morgan fingerprint density at radius 3 is 2.74 bits per heavy atom. The highest BCUT2D eigenvalue weighted by atomic mass is 19.1. The summed E-state index contributed by atoms with van der Waals surface area (Å²) >= 11 is 0. The second kappa shape index (κ2) is 9.88. The van der Waals surface area contributed by atoms with Crippen LogP contribution in [0.1, 0.15) is 31.2 Å². The molecule has 0 saturated carbocycles. The molecule has 0 bridgehead atoms. The fourth-order valence-corrected chi connectivity index (χ4v) is 4.37. The molecule has 1 fully saturated rings. The summed E-state index contributed by atoms with van der Waals surface area (Å²) in [5, 5.41) is 7.37. The first-order valence-corrected chi connectivity index (χ1v) is 10.9. The lowest BCUT2D eigenvalue weighted by Crippen LogP contribution is -2.35. The molecule has 162 valence electrons. The third kappa shape index (κ3) is 5.58. The zero-order chi connectivity index (χ0) is 21.6. The SMILES string of the molecule is Cn1cc(CN2CCC[C@H](CCC(=O)Nc3ccccc3F)C2)c(-c2ccccc2)n1.